The van der Waals surface area contributed by atoms with Gasteiger partial charge in [-0.25, -0.2) is 14.8 Å². The molecule has 10 heteroatoms. The molecule has 0 aliphatic carbocycles. The Bertz CT molecular complexity index is 1340. The van der Waals surface area contributed by atoms with Crippen LogP contribution in [0.15, 0.2) is 41.6 Å². The minimum absolute atomic E-state index is 0.0597. The summed E-state index contributed by atoms with van der Waals surface area (Å²) in [7, 11) is 1.86. The van der Waals surface area contributed by atoms with Gasteiger partial charge in [-0.2, -0.15) is 5.10 Å². The number of benzene rings is 1. The maximum absolute atomic E-state index is 12.9. The summed E-state index contributed by atoms with van der Waals surface area (Å²) in [5.41, 5.74) is 2.52. The molecule has 1 amide bonds. The van der Waals surface area contributed by atoms with Gasteiger partial charge < -0.3 is 9.80 Å². The number of rotatable bonds is 5. The van der Waals surface area contributed by atoms with E-state index in [-0.39, 0.29) is 11.6 Å². The van der Waals surface area contributed by atoms with Crippen LogP contribution in [0.3, 0.4) is 0 Å². The first-order valence-corrected chi connectivity index (χ1v) is 10.9. The van der Waals surface area contributed by atoms with Crippen LogP contribution in [-0.2, 0) is 24.9 Å². The van der Waals surface area contributed by atoms with Crippen molar-refractivity contribution in [1.29, 1.82) is 0 Å². The fourth-order valence-electron chi connectivity index (χ4n) is 4.53. The lowest BCUT2D eigenvalue weighted by Gasteiger charge is -2.35. The van der Waals surface area contributed by atoms with Crippen LogP contribution in [0, 0.1) is 0 Å². The van der Waals surface area contributed by atoms with Crippen LogP contribution in [-0.4, -0.2) is 65.9 Å². The highest BCUT2D eigenvalue weighted by atomic mass is 16.2. The molecule has 5 rings (SSSR count). The van der Waals surface area contributed by atoms with Gasteiger partial charge in [0.1, 0.15) is 12.1 Å². The molecule has 1 aliphatic rings. The molecule has 4 aromatic rings. The smallest absolute Gasteiger partial charge is 0.329 e. The number of amides is 1. The van der Waals surface area contributed by atoms with Gasteiger partial charge in [-0.15, -0.1) is 0 Å². The number of para-hydroxylation sites is 2. The van der Waals surface area contributed by atoms with Crippen molar-refractivity contribution in [3.05, 3.63) is 47.3 Å². The van der Waals surface area contributed by atoms with Gasteiger partial charge in [0.25, 0.3) is 0 Å². The largest absolute Gasteiger partial charge is 0.352 e. The van der Waals surface area contributed by atoms with E-state index in [2.05, 4.69) is 20.0 Å². The molecule has 0 radical (unpaired) electrons. The van der Waals surface area contributed by atoms with Crippen molar-refractivity contribution in [3.63, 3.8) is 0 Å². The maximum Gasteiger partial charge on any atom is 0.329 e. The molecule has 32 heavy (non-hydrogen) atoms. The predicted octanol–water partition coefficient (Wildman–Crippen LogP) is 1.24. The van der Waals surface area contributed by atoms with Crippen LogP contribution in [0.4, 0.5) is 5.82 Å². The van der Waals surface area contributed by atoms with Crippen molar-refractivity contribution in [2.75, 3.05) is 31.1 Å². The molecule has 0 unspecified atom stereocenters. The number of aromatic nitrogens is 6. The number of aryl methyl sites for hydroxylation is 3. The number of hydrogen-bond donors (Lipinski definition) is 0. The third-order valence-electron chi connectivity index (χ3n) is 6.23. The number of carbonyl (C=O) groups is 1. The van der Waals surface area contributed by atoms with Gasteiger partial charge in [-0.1, -0.05) is 12.1 Å². The van der Waals surface area contributed by atoms with Gasteiger partial charge in [-0.05, 0) is 19.1 Å². The summed E-state index contributed by atoms with van der Waals surface area (Å²) in [6, 6.07) is 7.74. The van der Waals surface area contributed by atoms with Crippen molar-refractivity contribution in [2.45, 2.75) is 26.4 Å². The Balaban J connectivity index is 1.25. The highest BCUT2D eigenvalue weighted by Crippen LogP contribution is 2.23. The van der Waals surface area contributed by atoms with E-state index in [4.69, 9.17) is 0 Å². The van der Waals surface area contributed by atoms with E-state index in [1.807, 2.05) is 43.1 Å². The second-order valence-electron chi connectivity index (χ2n) is 7.99. The Morgan fingerprint density at radius 2 is 1.75 bits per heavy atom. The molecule has 4 heterocycles. The summed E-state index contributed by atoms with van der Waals surface area (Å²) in [6.45, 7) is 5.58. The Hall–Kier alpha value is -3.69. The zero-order chi connectivity index (χ0) is 22.2. The highest BCUT2D eigenvalue weighted by Gasteiger charge is 2.24. The van der Waals surface area contributed by atoms with E-state index in [9.17, 15) is 9.59 Å². The lowest BCUT2D eigenvalue weighted by Crippen LogP contribution is -2.49. The van der Waals surface area contributed by atoms with Crippen LogP contribution in [0.1, 0.15) is 13.3 Å². The van der Waals surface area contributed by atoms with Crippen LogP contribution in [0.25, 0.3) is 22.1 Å². The third-order valence-corrected chi connectivity index (χ3v) is 6.23. The first-order chi connectivity index (χ1) is 15.6. The second-order valence-corrected chi connectivity index (χ2v) is 7.99. The molecule has 166 valence electrons. The first-order valence-electron chi connectivity index (χ1n) is 10.9. The Labute approximate surface area is 184 Å². The van der Waals surface area contributed by atoms with E-state index in [0.29, 0.717) is 45.7 Å². The molecule has 0 N–H and O–H groups in total. The second kappa shape index (κ2) is 8.10. The lowest BCUT2D eigenvalue weighted by atomic mass is 10.2. The van der Waals surface area contributed by atoms with Gasteiger partial charge in [-0.3, -0.25) is 18.6 Å². The zero-order valence-corrected chi connectivity index (χ0v) is 18.3. The van der Waals surface area contributed by atoms with Gasteiger partial charge in [0.05, 0.1) is 22.6 Å². The van der Waals surface area contributed by atoms with E-state index in [0.717, 1.165) is 27.9 Å². The monoisotopic (exact) mass is 434 g/mol. The number of anilines is 1. The fourth-order valence-corrected chi connectivity index (χ4v) is 4.53. The summed E-state index contributed by atoms with van der Waals surface area (Å²) < 4.78 is 5.20. The molecule has 0 spiro atoms. The zero-order valence-electron chi connectivity index (χ0n) is 18.3. The minimum Gasteiger partial charge on any atom is -0.352 e. The van der Waals surface area contributed by atoms with Crippen LogP contribution >= 0.6 is 0 Å². The van der Waals surface area contributed by atoms with Crippen LogP contribution < -0.4 is 10.6 Å². The van der Waals surface area contributed by atoms with E-state index in [1.165, 1.54) is 0 Å². The molecule has 1 aromatic carbocycles. The number of piperazine rings is 1. The van der Waals surface area contributed by atoms with Gasteiger partial charge in [0, 0.05) is 52.7 Å². The number of nitrogens with zero attached hydrogens (tertiary/aromatic N) is 8. The topological polar surface area (TPSA) is 94.1 Å². The molecular weight excluding hydrogens is 408 g/mol. The van der Waals surface area contributed by atoms with Gasteiger partial charge in [0.2, 0.25) is 5.91 Å². The summed E-state index contributed by atoms with van der Waals surface area (Å²) in [5.74, 6) is 0.924. The van der Waals surface area contributed by atoms with E-state index >= 15 is 0 Å². The van der Waals surface area contributed by atoms with E-state index in [1.54, 1.807) is 26.3 Å². The summed E-state index contributed by atoms with van der Waals surface area (Å²) in [6.07, 6.45) is 3.64. The number of carbonyl (C=O) groups excluding carboxylic acids is 1. The summed E-state index contributed by atoms with van der Waals surface area (Å²) >= 11 is 0. The average Bonchev–Trinajstić information content (AvgIpc) is 3.34. The minimum atomic E-state index is -0.0597. The fraction of sp³-hybridized carbons (Fsp3) is 0.409. The summed E-state index contributed by atoms with van der Waals surface area (Å²) in [4.78, 5) is 38.5. The third kappa shape index (κ3) is 3.31. The van der Waals surface area contributed by atoms with Gasteiger partial charge in [0.15, 0.2) is 5.65 Å². The normalized spacial score (nSPS) is 14.6. The first kappa shape index (κ1) is 20.2. The van der Waals surface area contributed by atoms with Crippen LogP contribution in [0.2, 0.25) is 0 Å². The van der Waals surface area contributed by atoms with Crippen molar-refractivity contribution < 1.29 is 4.79 Å². The molecule has 3 aromatic heterocycles. The van der Waals surface area contributed by atoms with Crippen molar-refractivity contribution in [1.82, 2.24) is 33.8 Å². The SMILES string of the molecule is CCn1c(=O)n(CCC(=O)N2CCN(c3ncnc4c3cnn4C)CC2)c2ccccc21. The molecule has 1 aliphatic heterocycles. The van der Waals surface area contributed by atoms with Crippen molar-refractivity contribution >= 4 is 33.8 Å². The van der Waals surface area contributed by atoms with Crippen molar-refractivity contribution in [2.24, 2.45) is 7.05 Å². The summed E-state index contributed by atoms with van der Waals surface area (Å²) in [5, 5.41) is 5.20. The number of fused-ring (bicyclic) bond motifs is 2. The maximum atomic E-state index is 12.9. The molecule has 10 nitrogen and oxygen atoms in total. The standard InChI is InChI=1S/C22H26N8O2/c1-3-29-17-6-4-5-7-18(17)30(22(29)32)9-8-19(31)27-10-12-28(13-11-27)21-16-14-25-26(2)20(16)23-15-24-21/h4-7,14-15H,3,8-13H2,1-2H3. The molecule has 1 saturated heterocycles. The van der Waals surface area contributed by atoms with Crippen molar-refractivity contribution in [3.8, 4) is 0 Å². The molecule has 0 bridgehead atoms. The quantitative estimate of drug-likeness (QED) is 0.469. The molecular formula is C22H26N8O2. The average molecular weight is 435 g/mol. The Kier molecular flexibility index (Phi) is 5.12. The number of hydrogen-bond acceptors (Lipinski definition) is 6. The van der Waals surface area contributed by atoms with E-state index < -0.39 is 0 Å². The highest BCUT2D eigenvalue weighted by molar-refractivity contribution is 5.87. The molecule has 0 saturated carbocycles. The van der Waals surface area contributed by atoms with Crippen LogP contribution in [0.5, 0.6) is 0 Å². The Morgan fingerprint density at radius 1 is 1.03 bits per heavy atom. The predicted molar refractivity (Wildman–Crippen MR) is 122 cm³/mol. The molecule has 0 atom stereocenters. The van der Waals surface area contributed by atoms with Gasteiger partial charge >= 0.3 is 5.69 Å². The number of imidazole rings is 1. The lowest BCUT2D eigenvalue weighted by molar-refractivity contribution is -0.131. The molecule has 1 fully saturated rings. The Morgan fingerprint density at radius 3 is 2.47 bits per heavy atom.